The molecule has 33 heavy (non-hydrogen) atoms. The number of carbonyl (C=O) groups is 1. The van der Waals surface area contributed by atoms with E-state index in [0.717, 1.165) is 58.5 Å². The standard InChI is InChI=1S/C24H32N6O3/c1-2-3-5-12-30-21(25)18(23(31)26-9-7-10-28-13-15-33-16-14-28)17-19-22(30)27-20-8-4-6-11-29(20)24(19)32/h4,6,8,11,17,25H,2-3,5,7,9-10,12-16H2,1H3,(H,26,31). The number of morpholine rings is 1. The molecular formula is C24H32N6O3. The molecule has 0 bridgehead atoms. The molecule has 0 aliphatic carbocycles. The highest BCUT2D eigenvalue weighted by molar-refractivity contribution is 5.96. The van der Waals surface area contributed by atoms with Crippen LogP contribution in [-0.4, -0.2) is 64.2 Å². The van der Waals surface area contributed by atoms with Gasteiger partial charge in [-0.2, -0.15) is 0 Å². The lowest BCUT2D eigenvalue weighted by molar-refractivity contribution is 0.0374. The van der Waals surface area contributed by atoms with Crippen LogP contribution in [0.25, 0.3) is 16.7 Å². The summed E-state index contributed by atoms with van der Waals surface area (Å²) in [5.41, 5.74) is 1.05. The highest BCUT2D eigenvalue weighted by Gasteiger charge is 2.17. The van der Waals surface area contributed by atoms with Gasteiger partial charge in [-0.1, -0.05) is 25.8 Å². The van der Waals surface area contributed by atoms with E-state index in [9.17, 15) is 9.59 Å². The lowest BCUT2D eigenvalue weighted by atomic mass is 10.1. The number of amides is 1. The van der Waals surface area contributed by atoms with Gasteiger partial charge in [-0.25, -0.2) is 4.98 Å². The van der Waals surface area contributed by atoms with Crippen LogP contribution in [0.3, 0.4) is 0 Å². The van der Waals surface area contributed by atoms with Crippen LogP contribution in [0.15, 0.2) is 35.3 Å². The second-order valence-electron chi connectivity index (χ2n) is 8.41. The highest BCUT2D eigenvalue weighted by Crippen LogP contribution is 2.12. The zero-order chi connectivity index (χ0) is 23.2. The van der Waals surface area contributed by atoms with Gasteiger partial charge < -0.3 is 14.6 Å². The Labute approximate surface area is 192 Å². The van der Waals surface area contributed by atoms with Crippen molar-refractivity contribution < 1.29 is 9.53 Å². The first kappa shape index (κ1) is 23.1. The molecule has 0 aromatic carbocycles. The Balaban J connectivity index is 1.62. The summed E-state index contributed by atoms with van der Waals surface area (Å²) < 4.78 is 8.56. The van der Waals surface area contributed by atoms with Crippen molar-refractivity contribution in [2.75, 3.05) is 39.4 Å². The maximum absolute atomic E-state index is 13.2. The van der Waals surface area contributed by atoms with E-state index in [0.29, 0.717) is 29.8 Å². The summed E-state index contributed by atoms with van der Waals surface area (Å²) in [4.78, 5) is 33.2. The van der Waals surface area contributed by atoms with Crippen molar-refractivity contribution in [3.05, 3.63) is 51.9 Å². The number of nitrogens with one attached hydrogen (secondary N) is 2. The number of rotatable bonds is 9. The number of nitrogens with zero attached hydrogens (tertiary/aromatic N) is 4. The van der Waals surface area contributed by atoms with Gasteiger partial charge in [0.05, 0.1) is 24.2 Å². The first-order valence-corrected chi connectivity index (χ1v) is 11.8. The average Bonchev–Trinajstić information content (AvgIpc) is 2.84. The molecule has 4 rings (SSSR count). The Morgan fingerprint density at radius 3 is 2.79 bits per heavy atom. The van der Waals surface area contributed by atoms with Crippen molar-refractivity contribution in [3.8, 4) is 0 Å². The summed E-state index contributed by atoms with van der Waals surface area (Å²) in [6, 6.07) is 6.91. The number of carbonyl (C=O) groups excluding carboxylic acids is 1. The number of unbranched alkanes of at least 4 members (excludes halogenated alkanes) is 2. The number of pyridine rings is 2. The van der Waals surface area contributed by atoms with E-state index in [2.05, 4.69) is 22.1 Å². The third-order valence-corrected chi connectivity index (χ3v) is 6.09. The predicted octanol–water partition coefficient (Wildman–Crippen LogP) is 1.77. The van der Waals surface area contributed by atoms with Crippen molar-refractivity contribution in [3.63, 3.8) is 0 Å². The monoisotopic (exact) mass is 452 g/mol. The van der Waals surface area contributed by atoms with Gasteiger partial charge in [0.15, 0.2) is 0 Å². The number of ether oxygens (including phenoxy) is 1. The van der Waals surface area contributed by atoms with Gasteiger partial charge in [-0.05, 0) is 37.6 Å². The molecule has 1 saturated heterocycles. The van der Waals surface area contributed by atoms with Gasteiger partial charge in [-0.3, -0.25) is 24.3 Å². The van der Waals surface area contributed by atoms with Crippen LogP contribution < -0.4 is 16.4 Å². The van der Waals surface area contributed by atoms with Gasteiger partial charge in [0.25, 0.3) is 11.5 Å². The lowest BCUT2D eigenvalue weighted by Gasteiger charge is -2.26. The maximum Gasteiger partial charge on any atom is 0.267 e. The summed E-state index contributed by atoms with van der Waals surface area (Å²) >= 11 is 0. The van der Waals surface area contributed by atoms with Gasteiger partial charge in [0.2, 0.25) is 0 Å². The molecule has 9 nitrogen and oxygen atoms in total. The van der Waals surface area contributed by atoms with E-state index in [1.165, 1.54) is 10.5 Å². The molecule has 4 heterocycles. The third-order valence-electron chi connectivity index (χ3n) is 6.09. The van der Waals surface area contributed by atoms with E-state index >= 15 is 0 Å². The van der Waals surface area contributed by atoms with Gasteiger partial charge >= 0.3 is 0 Å². The Kier molecular flexibility index (Phi) is 7.51. The summed E-state index contributed by atoms with van der Waals surface area (Å²) in [7, 11) is 0. The third kappa shape index (κ3) is 5.15. The minimum absolute atomic E-state index is 0.0939. The Morgan fingerprint density at radius 1 is 1.18 bits per heavy atom. The van der Waals surface area contributed by atoms with E-state index < -0.39 is 0 Å². The molecule has 0 atom stereocenters. The van der Waals surface area contributed by atoms with Crippen LogP contribution >= 0.6 is 0 Å². The predicted molar refractivity (Wildman–Crippen MR) is 127 cm³/mol. The van der Waals surface area contributed by atoms with Crippen molar-refractivity contribution >= 4 is 22.6 Å². The fourth-order valence-corrected chi connectivity index (χ4v) is 4.22. The normalized spacial score (nSPS) is 14.7. The van der Waals surface area contributed by atoms with Crippen LogP contribution in [0.1, 0.15) is 43.0 Å². The Morgan fingerprint density at radius 2 is 2.00 bits per heavy atom. The smallest absolute Gasteiger partial charge is 0.267 e. The Bertz CT molecular complexity index is 1240. The summed E-state index contributed by atoms with van der Waals surface area (Å²) in [6.07, 6.45) is 5.37. The molecule has 176 valence electrons. The van der Waals surface area contributed by atoms with Gasteiger partial charge in [0.1, 0.15) is 16.8 Å². The zero-order valence-electron chi connectivity index (χ0n) is 19.2. The van der Waals surface area contributed by atoms with Crippen LogP contribution in [0, 0.1) is 5.41 Å². The average molecular weight is 453 g/mol. The minimum atomic E-state index is -0.328. The quantitative estimate of drug-likeness (QED) is 0.380. The van der Waals surface area contributed by atoms with E-state index in [4.69, 9.17) is 10.1 Å². The molecule has 3 aromatic heterocycles. The number of hydrogen-bond acceptors (Lipinski definition) is 6. The molecule has 3 aromatic rings. The number of hydrogen-bond donors (Lipinski definition) is 2. The molecular weight excluding hydrogens is 420 g/mol. The second-order valence-corrected chi connectivity index (χ2v) is 8.41. The molecule has 2 N–H and O–H groups in total. The van der Waals surface area contributed by atoms with Crippen molar-refractivity contribution in [2.45, 2.75) is 39.2 Å². The van der Waals surface area contributed by atoms with Crippen molar-refractivity contribution in [1.82, 2.24) is 24.2 Å². The Hall–Kier alpha value is -3.04. The minimum Gasteiger partial charge on any atom is -0.379 e. The van der Waals surface area contributed by atoms with E-state index in [1.54, 1.807) is 22.9 Å². The van der Waals surface area contributed by atoms with Crippen LogP contribution in [-0.2, 0) is 11.3 Å². The maximum atomic E-state index is 13.2. The number of aromatic nitrogens is 3. The number of aryl methyl sites for hydroxylation is 1. The van der Waals surface area contributed by atoms with Crippen LogP contribution in [0.5, 0.6) is 0 Å². The van der Waals surface area contributed by atoms with Crippen LogP contribution in [0.4, 0.5) is 0 Å². The zero-order valence-corrected chi connectivity index (χ0v) is 19.2. The fourth-order valence-electron chi connectivity index (χ4n) is 4.22. The van der Waals surface area contributed by atoms with Crippen molar-refractivity contribution in [2.24, 2.45) is 0 Å². The second kappa shape index (κ2) is 10.7. The largest absolute Gasteiger partial charge is 0.379 e. The molecule has 1 aliphatic rings. The molecule has 9 heteroatoms. The highest BCUT2D eigenvalue weighted by atomic mass is 16.5. The van der Waals surface area contributed by atoms with Gasteiger partial charge in [0, 0.05) is 32.4 Å². The van der Waals surface area contributed by atoms with E-state index in [1.807, 2.05) is 6.07 Å². The van der Waals surface area contributed by atoms with Gasteiger partial charge in [-0.15, -0.1) is 0 Å². The SMILES string of the molecule is CCCCCn1c(=N)c(C(=O)NCCCN2CCOCC2)cc2c(=O)n3ccccc3nc21. The molecule has 1 fully saturated rings. The molecule has 0 unspecified atom stereocenters. The number of fused-ring (bicyclic) bond motifs is 2. The van der Waals surface area contributed by atoms with E-state index in [-0.39, 0.29) is 22.5 Å². The van der Waals surface area contributed by atoms with Crippen LogP contribution in [0.2, 0.25) is 0 Å². The molecule has 0 spiro atoms. The molecule has 0 radical (unpaired) electrons. The fraction of sp³-hybridized carbons (Fsp3) is 0.500. The summed E-state index contributed by atoms with van der Waals surface area (Å²) in [5, 5.41) is 12.0. The summed E-state index contributed by atoms with van der Waals surface area (Å²) in [5.74, 6) is -0.328. The molecule has 1 amide bonds. The first-order valence-electron chi connectivity index (χ1n) is 11.8. The topological polar surface area (TPSA) is 105 Å². The lowest BCUT2D eigenvalue weighted by Crippen LogP contribution is -2.39. The first-order chi connectivity index (χ1) is 16.1. The van der Waals surface area contributed by atoms with Crippen molar-refractivity contribution in [1.29, 1.82) is 5.41 Å². The summed E-state index contributed by atoms with van der Waals surface area (Å²) in [6.45, 7) is 7.39. The molecule has 1 aliphatic heterocycles. The molecule has 0 saturated carbocycles.